The summed E-state index contributed by atoms with van der Waals surface area (Å²) in [7, 11) is 5.89. The van der Waals surface area contributed by atoms with Gasteiger partial charge in [0.2, 0.25) is 5.75 Å². The van der Waals surface area contributed by atoms with Crippen LogP contribution in [0.15, 0.2) is 52.4 Å². The maximum atomic E-state index is 13.6. The van der Waals surface area contributed by atoms with Gasteiger partial charge in [-0.05, 0) is 43.7 Å². The van der Waals surface area contributed by atoms with Gasteiger partial charge in [-0.3, -0.25) is 14.0 Å². The Morgan fingerprint density at radius 1 is 1.00 bits per heavy atom. The normalized spacial score (nSPS) is 11.6. The number of benzene rings is 1. The molecule has 0 N–H and O–H groups in total. The Balaban J connectivity index is 2.07. The maximum absolute atomic E-state index is 13.6. The molecule has 12 heteroatoms. The van der Waals surface area contributed by atoms with E-state index in [1.807, 2.05) is 0 Å². The average Bonchev–Trinajstić information content (AvgIpc) is 2.97. The van der Waals surface area contributed by atoms with Crippen molar-refractivity contribution in [2.75, 3.05) is 41.7 Å². The SMILES string of the molecule is CCOC(=O)c1cc2c(=O)n3ccccc3nc2n(CCCOC)c1=NC(=O)c1cc(OC)c(OC)c(OC)c1. The standard InChI is InChI=1S/C28H30N4O8/c1-6-40-28(35)19-16-18-24(29-22-10-7-8-11-31(22)27(18)34)32(12-9-13-36-2)25(19)30-26(33)17-14-20(37-3)23(39-5)21(15-17)38-4/h7-8,10-11,14-16H,6,9,12-13H2,1-5H3. The number of esters is 1. The third kappa shape index (κ3) is 5.38. The Labute approximate surface area is 229 Å². The van der Waals surface area contributed by atoms with Gasteiger partial charge in [-0.25, -0.2) is 9.78 Å². The number of hydrogen-bond donors (Lipinski definition) is 0. The third-order valence-electron chi connectivity index (χ3n) is 6.13. The second-order valence-corrected chi connectivity index (χ2v) is 8.51. The molecule has 1 aromatic carbocycles. The average molecular weight is 551 g/mol. The van der Waals surface area contributed by atoms with Crippen LogP contribution in [-0.2, 0) is 16.0 Å². The number of carbonyl (C=O) groups is 2. The van der Waals surface area contributed by atoms with Gasteiger partial charge < -0.3 is 28.3 Å². The highest BCUT2D eigenvalue weighted by Crippen LogP contribution is 2.38. The van der Waals surface area contributed by atoms with Gasteiger partial charge in [0.15, 0.2) is 17.0 Å². The Kier molecular flexibility index (Phi) is 8.80. The first-order valence-corrected chi connectivity index (χ1v) is 12.5. The number of aryl methyl sites for hydroxylation is 1. The molecule has 0 aliphatic heterocycles. The molecule has 0 aliphatic carbocycles. The molecule has 3 aromatic heterocycles. The number of amides is 1. The lowest BCUT2D eigenvalue weighted by Crippen LogP contribution is -2.33. The molecule has 0 spiro atoms. The van der Waals surface area contributed by atoms with Gasteiger partial charge in [0.05, 0.1) is 33.3 Å². The molecule has 0 saturated carbocycles. The van der Waals surface area contributed by atoms with E-state index >= 15 is 0 Å². The van der Waals surface area contributed by atoms with Crippen LogP contribution in [0.5, 0.6) is 17.2 Å². The van der Waals surface area contributed by atoms with Crippen molar-refractivity contribution in [2.45, 2.75) is 19.9 Å². The summed E-state index contributed by atoms with van der Waals surface area (Å²) in [5, 5.41) is 0.170. The van der Waals surface area contributed by atoms with Crippen molar-refractivity contribution in [1.29, 1.82) is 0 Å². The van der Waals surface area contributed by atoms with Crippen LogP contribution in [0.25, 0.3) is 16.7 Å². The van der Waals surface area contributed by atoms with Crippen molar-refractivity contribution in [3.63, 3.8) is 0 Å². The molecule has 4 aromatic rings. The Hall–Kier alpha value is -4.71. The first kappa shape index (κ1) is 28.3. The summed E-state index contributed by atoms with van der Waals surface area (Å²) in [6, 6.07) is 9.46. The lowest BCUT2D eigenvalue weighted by atomic mass is 10.1. The minimum atomic E-state index is -0.737. The summed E-state index contributed by atoms with van der Waals surface area (Å²) in [5.74, 6) is -0.594. The van der Waals surface area contributed by atoms with Crippen molar-refractivity contribution < 1.29 is 33.3 Å². The first-order valence-electron chi connectivity index (χ1n) is 12.5. The fourth-order valence-corrected chi connectivity index (χ4v) is 4.30. The Morgan fingerprint density at radius 2 is 1.73 bits per heavy atom. The number of carbonyl (C=O) groups excluding carboxylic acids is 2. The van der Waals surface area contributed by atoms with E-state index in [0.717, 1.165) is 0 Å². The van der Waals surface area contributed by atoms with E-state index < -0.39 is 11.9 Å². The minimum Gasteiger partial charge on any atom is -0.493 e. The predicted octanol–water partition coefficient (Wildman–Crippen LogP) is 2.63. The van der Waals surface area contributed by atoms with E-state index in [9.17, 15) is 14.4 Å². The van der Waals surface area contributed by atoms with Gasteiger partial charge in [0.25, 0.3) is 11.5 Å². The van der Waals surface area contributed by atoms with Crippen LogP contribution in [0.4, 0.5) is 0 Å². The predicted molar refractivity (Wildman–Crippen MR) is 145 cm³/mol. The van der Waals surface area contributed by atoms with Crippen LogP contribution < -0.4 is 25.3 Å². The number of fused-ring (bicyclic) bond motifs is 2. The van der Waals surface area contributed by atoms with Crippen LogP contribution in [0, 0.1) is 0 Å². The summed E-state index contributed by atoms with van der Waals surface area (Å²) in [5.41, 5.74) is 0.340. The molecule has 1 amide bonds. The van der Waals surface area contributed by atoms with Gasteiger partial charge in [-0.15, -0.1) is 0 Å². The molecule has 40 heavy (non-hydrogen) atoms. The number of rotatable bonds is 10. The van der Waals surface area contributed by atoms with Gasteiger partial charge in [-0.1, -0.05) is 6.07 Å². The Morgan fingerprint density at radius 3 is 2.35 bits per heavy atom. The molecule has 0 saturated heterocycles. The molecule has 0 aliphatic rings. The second-order valence-electron chi connectivity index (χ2n) is 8.51. The molecule has 0 unspecified atom stereocenters. The smallest absolute Gasteiger partial charge is 0.341 e. The third-order valence-corrected chi connectivity index (χ3v) is 6.13. The van der Waals surface area contributed by atoms with E-state index in [-0.39, 0.29) is 57.9 Å². The first-order chi connectivity index (χ1) is 19.4. The number of nitrogens with zero attached hydrogens (tertiary/aromatic N) is 4. The van der Waals surface area contributed by atoms with Gasteiger partial charge >= 0.3 is 5.97 Å². The molecule has 4 rings (SSSR count). The Bertz CT molecular complexity index is 1680. The molecule has 210 valence electrons. The molecule has 0 radical (unpaired) electrons. The zero-order valence-electron chi connectivity index (χ0n) is 22.9. The van der Waals surface area contributed by atoms with Crippen LogP contribution in [0.1, 0.15) is 34.1 Å². The van der Waals surface area contributed by atoms with Crippen LogP contribution in [0.3, 0.4) is 0 Å². The van der Waals surface area contributed by atoms with Crippen LogP contribution in [0.2, 0.25) is 0 Å². The van der Waals surface area contributed by atoms with E-state index in [1.165, 1.54) is 43.9 Å². The largest absolute Gasteiger partial charge is 0.493 e. The molecule has 3 heterocycles. The number of aromatic nitrogens is 3. The van der Waals surface area contributed by atoms with E-state index in [1.54, 1.807) is 43.0 Å². The fraction of sp³-hybridized carbons (Fsp3) is 0.321. The number of ether oxygens (including phenoxy) is 5. The summed E-state index contributed by atoms with van der Waals surface area (Å²) >= 11 is 0. The lowest BCUT2D eigenvalue weighted by molar-refractivity contribution is 0.0523. The summed E-state index contributed by atoms with van der Waals surface area (Å²) < 4.78 is 29.6. The van der Waals surface area contributed by atoms with Crippen molar-refractivity contribution in [3.05, 3.63) is 69.6 Å². The van der Waals surface area contributed by atoms with Gasteiger partial charge in [0.1, 0.15) is 16.9 Å². The van der Waals surface area contributed by atoms with Gasteiger partial charge in [0, 0.05) is 32.0 Å². The molecular formula is C28H30N4O8. The fourth-order valence-electron chi connectivity index (χ4n) is 4.30. The maximum Gasteiger partial charge on any atom is 0.341 e. The van der Waals surface area contributed by atoms with E-state index in [0.29, 0.717) is 24.4 Å². The molecule has 0 atom stereocenters. The summed E-state index contributed by atoms with van der Waals surface area (Å²) in [6.07, 6.45) is 2.08. The molecular weight excluding hydrogens is 520 g/mol. The zero-order chi connectivity index (χ0) is 28.8. The quantitative estimate of drug-likeness (QED) is 0.166. The number of hydrogen-bond acceptors (Lipinski definition) is 9. The highest BCUT2D eigenvalue weighted by atomic mass is 16.5. The molecule has 0 fully saturated rings. The van der Waals surface area contributed by atoms with E-state index in [2.05, 4.69) is 9.98 Å². The van der Waals surface area contributed by atoms with Gasteiger partial charge in [-0.2, -0.15) is 4.99 Å². The number of pyridine rings is 2. The van der Waals surface area contributed by atoms with Crippen molar-refractivity contribution >= 4 is 28.6 Å². The highest BCUT2D eigenvalue weighted by Gasteiger charge is 2.22. The van der Waals surface area contributed by atoms with E-state index in [4.69, 9.17) is 23.7 Å². The van der Waals surface area contributed by atoms with Crippen molar-refractivity contribution in [3.8, 4) is 17.2 Å². The van der Waals surface area contributed by atoms with Crippen LogP contribution in [-0.4, -0.2) is 67.5 Å². The minimum absolute atomic E-state index is 0.00649. The monoisotopic (exact) mass is 550 g/mol. The summed E-state index contributed by atoms with van der Waals surface area (Å²) in [6.45, 7) is 2.36. The van der Waals surface area contributed by atoms with Crippen molar-refractivity contribution in [2.24, 2.45) is 4.99 Å². The molecule has 12 nitrogen and oxygen atoms in total. The molecule has 0 bridgehead atoms. The van der Waals surface area contributed by atoms with Crippen LogP contribution >= 0.6 is 0 Å². The topological polar surface area (TPSA) is 132 Å². The van der Waals surface area contributed by atoms with Crippen molar-refractivity contribution in [1.82, 2.24) is 14.0 Å². The summed E-state index contributed by atoms with van der Waals surface area (Å²) in [4.78, 5) is 49.2. The second kappa shape index (κ2) is 12.4. The lowest BCUT2D eigenvalue weighted by Gasteiger charge is -2.15. The highest BCUT2D eigenvalue weighted by molar-refractivity contribution is 5.98. The number of methoxy groups -OCH3 is 4. The zero-order valence-corrected chi connectivity index (χ0v) is 22.9.